The Balaban J connectivity index is 1.48. The lowest BCUT2D eigenvalue weighted by molar-refractivity contribution is 0.309. The number of benzene rings is 1. The van der Waals surface area contributed by atoms with Gasteiger partial charge >= 0.3 is 0 Å². The van der Waals surface area contributed by atoms with E-state index in [0.29, 0.717) is 5.75 Å². The molecule has 19 heavy (non-hydrogen) atoms. The zero-order valence-corrected chi connectivity index (χ0v) is 11.7. The molecule has 0 aromatic heterocycles. The van der Waals surface area contributed by atoms with Gasteiger partial charge in [-0.15, -0.1) is 0 Å². The van der Waals surface area contributed by atoms with E-state index in [1.165, 1.54) is 32.4 Å². The van der Waals surface area contributed by atoms with Crippen LogP contribution in [0.4, 0.5) is 0 Å². The summed E-state index contributed by atoms with van der Waals surface area (Å²) in [5, 5.41) is 13.4. The normalized spacial score (nSPS) is 25.6. The number of aromatic hydroxyl groups is 1. The SMILES string of the molecule is CC(NCC1CCN(C2CC2)C1)c1ccccc1O. The lowest BCUT2D eigenvalue weighted by Gasteiger charge is -2.19. The summed E-state index contributed by atoms with van der Waals surface area (Å²) in [6.45, 7) is 5.72. The highest BCUT2D eigenvalue weighted by Crippen LogP contribution is 2.31. The van der Waals surface area contributed by atoms with Gasteiger partial charge in [0.15, 0.2) is 0 Å². The van der Waals surface area contributed by atoms with Crippen LogP contribution in [0.1, 0.15) is 37.8 Å². The van der Waals surface area contributed by atoms with Gasteiger partial charge in [-0.1, -0.05) is 18.2 Å². The van der Waals surface area contributed by atoms with Crippen LogP contribution in [0.2, 0.25) is 0 Å². The molecule has 0 amide bonds. The topological polar surface area (TPSA) is 35.5 Å². The maximum atomic E-state index is 9.85. The number of hydrogen-bond acceptors (Lipinski definition) is 3. The van der Waals surface area contributed by atoms with Crippen molar-refractivity contribution in [2.45, 2.75) is 38.3 Å². The van der Waals surface area contributed by atoms with E-state index in [1.54, 1.807) is 6.07 Å². The molecule has 1 aromatic rings. The van der Waals surface area contributed by atoms with Gasteiger partial charge in [0, 0.05) is 24.2 Å². The van der Waals surface area contributed by atoms with Gasteiger partial charge in [-0.25, -0.2) is 0 Å². The van der Waals surface area contributed by atoms with Crippen LogP contribution in [0.25, 0.3) is 0 Å². The average Bonchev–Trinajstić information content (AvgIpc) is 3.16. The largest absolute Gasteiger partial charge is 0.508 e. The molecule has 2 aliphatic rings. The van der Waals surface area contributed by atoms with Gasteiger partial charge in [0.2, 0.25) is 0 Å². The van der Waals surface area contributed by atoms with E-state index in [1.807, 2.05) is 18.2 Å². The second kappa shape index (κ2) is 5.51. The van der Waals surface area contributed by atoms with Crippen molar-refractivity contribution in [2.75, 3.05) is 19.6 Å². The number of para-hydroxylation sites is 1. The molecule has 2 N–H and O–H groups in total. The first-order chi connectivity index (χ1) is 9.24. The van der Waals surface area contributed by atoms with Crippen molar-refractivity contribution in [2.24, 2.45) is 5.92 Å². The van der Waals surface area contributed by atoms with Crippen LogP contribution in [-0.2, 0) is 0 Å². The molecule has 104 valence electrons. The van der Waals surface area contributed by atoms with E-state index in [2.05, 4.69) is 17.1 Å². The lowest BCUT2D eigenvalue weighted by Crippen LogP contribution is -2.29. The highest BCUT2D eigenvalue weighted by atomic mass is 16.3. The standard InChI is InChI=1S/C16H24N2O/c1-12(15-4-2-3-5-16(15)19)17-10-13-8-9-18(11-13)14-6-7-14/h2-5,12-14,17,19H,6-11H2,1H3. The van der Waals surface area contributed by atoms with E-state index in [9.17, 15) is 5.11 Å². The summed E-state index contributed by atoms with van der Waals surface area (Å²) >= 11 is 0. The van der Waals surface area contributed by atoms with Crippen molar-refractivity contribution in [3.8, 4) is 5.75 Å². The molecule has 1 aliphatic heterocycles. The maximum absolute atomic E-state index is 9.85. The van der Waals surface area contributed by atoms with E-state index in [4.69, 9.17) is 0 Å². The zero-order chi connectivity index (χ0) is 13.2. The van der Waals surface area contributed by atoms with Crippen LogP contribution in [0.3, 0.4) is 0 Å². The Labute approximate surface area is 115 Å². The molecule has 3 heteroatoms. The lowest BCUT2D eigenvalue weighted by atomic mass is 10.1. The molecule has 1 aromatic carbocycles. The summed E-state index contributed by atoms with van der Waals surface area (Å²) in [5.41, 5.74) is 1.000. The Morgan fingerprint density at radius 2 is 2.11 bits per heavy atom. The van der Waals surface area contributed by atoms with E-state index in [-0.39, 0.29) is 6.04 Å². The molecule has 0 spiro atoms. The van der Waals surface area contributed by atoms with Gasteiger partial charge in [-0.3, -0.25) is 0 Å². The Morgan fingerprint density at radius 1 is 1.32 bits per heavy atom. The Kier molecular flexibility index (Phi) is 3.76. The van der Waals surface area contributed by atoms with Crippen LogP contribution < -0.4 is 5.32 Å². The zero-order valence-electron chi connectivity index (χ0n) is 11.7. The first-order valence-corrected chi connectivity index (χ1v) is 7.49. The van der Waals surface area contributed by atoms with Gasteiger partial charge in [0.1, 0.15) is 5.75 Å². The number of rotatable bonds is 5. The maximum Gasteiger partial charge on any atom is 0.120 e. The van der Waals surface area contributed by atoms with Crippen molar-refractivity contribution < 1.29 is 5.11 Å². The minimum atomic E-state index is 0.219. The molecule has 0 radical (unpaired) electrons. The summed E-state index contributed by atoms with van der Waals surface area (Å²) in [6, 6.07) is 8.74. The third-order valence-electron chi connectivity index (χ3n) is 4.50. The van der Waals surface area contributed by atoms with Gasteiger partial charge in [0.25, 0.3) is 0 Å². The van der Waals surface area contributed by atoms with Crippen molar-refractivity contribution in [3.63, 3.8) is 0 Å². The molecular weight excluding hydrogens is 236 g/mol. The smallest absolute Gasteiger partial charge is 0.120 e. The minimum absolute atomic E-state index is 0.219. The summed E-state index contributed by atoms with van der Waals surface area (Å²) in [6.07, 6.45) is 4.14. The van der Waals surface area contributed by atoms with Gasteiger partial charge in [0.05, 0.1) is 0 Å². The molecule has 2 unspecified atom stereocenters. The highest BCUT2D eigenvalue weighted by molar-refractivity contribution is 5.34. The summed E-state index contributed by atoms with van der Waals surface area (Å²) in [4.78, 5) is 2.65. The number of phenols is 1. The van der Waals surface area contributed by atoms with Gasteiger partial charge in [-0.05, 0) is 51.3 Å². The Bertz CT molecular complexity index is 431. The fourth-order valence-electron chi connectivity index (χ4n) is 3.11. The van der Waals surface area contributed by atoms with Crippen molar-refractivity contribution in [1.29, 1.82) is 0 Å². The second-order valence-electron chi connectivity index (χ2n) is 6.07. The van der Waals surface area contributed by atoms with Gasteiger partial charge < -0.3 is 15.3 Å². The first-order valence-electron chi connectivity index (χ1n) is 7.49. The molecule has 1 aliphatic carbocycles. The number of nitrogens with zero attached hydrogens (tertiary/aromatic N) is 1. The first kappa shape index (κ1) is 12.9. The van der Waals surface area contributed by atoms with Crippen LogP contribution in [-0.4, -0.2) is 35.7 Å². The molecule has 2 fully saturated rings. The number of nitrogens with one attached hydrogen (secondary N) is 1. The highest BCUT2D eigenvalue weighted by Gasteiger charge is 2.34. The summed E-state index contributed by atoms with van der Waals surface area (Å²) in [5.74, 6) is 1.17. The van der Waals surface area contributed by atoms with Crippen LogP contribution in [0, 0.1) is 5.92 Å². The van der Waals surface area contributed by atoms with E-state index < -0.39 is 0 Å². The van der Waals surface area contributed by atoms with Crippen molar-refractivity contribution in [1.82, 2.24) is 10.2 Å². The molecule has 1 saturated heterocycles. The molecule has 3 rings (SSSR count). The monoisotopic (exact) mass is 260 g/mol. The van der Waals surface area contributed by atoms with Crippen molar-refractivity contribution >= 4 is 0 Å². The third-order valence-corrected chi connectivity index (χ3v) is 4.50. The number of hydrogen-bond donors (Lipinski definition) is 2. The molecule has 3 nitrogen and oxygen atoms in total. The fraction of sp³-hybridized carbons (Fsp3) is 0.625. The number of phenolic OH excluding ortho intramolecular Hbond substituents is 1. The van der Waals surface area contributed by atoms with Crippen LogP contribution in [0.15, 0.2) is 24.3 Å². The van der Waals surface area contributed by atoms with Gasteiger partial charge in [-0.2, -0.15) is 0 Å². The van der Waals surface area contributed by atoms with Crippen molar-refractivity contribution in [3.05, 3.63) is 29.8 Å². The Morgan fingerprint density at radius 3 is 2.84 bits per heavy atom. The average molecular weight is 260 g/mol. The Hall–Kier alpha value is -1.06. The molecule has 1 heterocycles. The molecule has 0 bridgehead atoms. The van der Waals surface area contributed by atoms with E-state index in [0.717, 1.165) is 24.1 Å². The molecular formula is C16H24N2O. The number of likely N-dealkylation sites (tertiary alicyclic amines) is 1. The summed E-state index contributed by atoms with van der Waals surface area (Å²) < 4.78 is 0. The van der Waals surface area contributed by atoms with E-state index >= 15 is 0 Å². The second-order valence-corrected chi connectivity index (χ2v) is 6.07. The quantitative estimate of drug-likeness (QED) is 0.854. The fourth-order valence-corrected chi connectivity index (χ4v) is 3.11. The predicted molar refractivity (Wildman–Crippen MR) is 77.2 cm³/mol. The third kappa shape index (κ3) is 3.10. The summed E-state index contributed by atoms with van der Waals surface area (Å²) in [7, 11) is 0. The van der Waals surface area contributed by atoms with Crippen LogP contribution >= 0.6 is 0 Å². The molecule has 2 atom stereocenters. The minimum Gasteiger partial charge on any atom is -0.508 e. The van der Waals surface area contributed by atoms with Crippen LogP contribution in [0.5, 0.6) is 5.75 Å². The molecule has 1 saturated carbocycles. The predicted octanol–water partition coefficient (Wildman–Crippen LogP) is 2.53.